The monoisotopic (exact) mass is 300 g/mol. The lowest BCUT2D eigenvalue weighted by atomic mass is 10.1. The van der Waals surface area contributed by atoms with Gasteiger partial charge < -0.3 is 10.6 Å². The van der Waals surface area contributed by atoms with Gasteiger partial charge in [-0.3, -0.25) is 4.79 Å². The Morgan fingerprint density at radius 2 is 1.89 bits per heavy atom. The first-order valence-electron chi connectivity index (χ1n) is 6.38. The van der Waals surface area contributed by atoms with Crippen LogP contribution >= 0.6 is 24.2 Å². The van der Waals surface area contributed by atoms with Gasteiger partial charge in [0.15, 0.2) is 0 Å². The number of piperidine rings is 1. The molecule has 2 rings (SSSR count). The largest absolute Gasteiger partial charge is 0.342 e. The summed E-state index contributed by atoms with van der Waals surface area (Å²) in [5.74, 6) is 0.755. The average Bonchev–Trinajstić information content (AvgIpc) is 2.38. The summed E-state index contributed by atoms with van der Waals surface area (Å²) < 4.78 is 0. The van der Waals surface area contributed by atoms with Crippen molar-refractivity contribution in [3.8, 4) is 0 Å². The molecule has 0 aromatic heterocycles. The normalized spacial score (nSPS) is 16.0. The van der Waals surface area contributed by atoms with E-state index in [0.717, 1.165) is 30.8 Å². The van der Waals surface area contributed by atoms with E-state index in [1.165, 1.54) is 5.56 Å². The summed E-state index contributed by atoms with van der Waals surface area (Å²) in [5.41, 5.74) is 7.08. The average molecular weight is 301 g/mol. The van der Waals surface area contributed by atoms with Crippen LogP contribution in [0.5, 0.6) is 0 Å². The van der Waals surface area contributed by atoms with Gasteiger partial charge in [-0.25, -0.2) is 0 Å². The van der Waals surface area contributed by atoms with Crippen molar-refractivity contribution in [2.45, 2.75) is 30.7 Å². The molecule has 1 aliphatic heterocycles. The van der Waals surface area contributed by atoms with Gasteiger partial charge >= 0.3 is 0 Å². The second kappa shape index (κ2) is 7.78. The third kappa shape index (κ3) is 5.05. The number of halogens is 1. The van der Waals surface area contributed by atoms with Gasteiger partial charge in [-0.2, -0.15) is 0 Å². The van der Waals surface area contributed by atoms with Gasteiger partial charge in [0.25, 0.3) is 0 Å². The molecule has 0 spiro atoms. The van der Waals surface area contributed by atoms with Gasteiger partial charge in [-0.05, 0) is 31.9 Å². The highest BCUT2D eigenvalue weighted by Gasteiger charge is 2.20. The molecule has 0 bridgehead atoms. The fraction of sp³-hybridized carbons (Fsp3) is 0.500. The predicted molar refractivity (Wildman–Crippen MR) is 82.9 cm³/mol. The Morgan fingerprint density at radius 3 is 2.47 bits per heavy atom. The van der Waals surface area contributed by atoms with Crippen molar-refractivity contribution in [1.82, 2.24) is 4.90 Å². The molecule has 5 heteroatoms. The number of likely N-dealkylation sites (tertiary alicyclic amines) is 1. The highest BCUT2D eigenvalue weighted by atomic mass is 35.5. The van der Waals surface area contributed by atoms with Crippen LogP contribution < -0.4 is 5.73 Å². The number of aryl methyl sites for hydroxylation is 1. The molecule has 0 atom stereocenters. The van der Waals surface area contributed by atoms with Gasteiger partial charge in [0, 0.05) is 24.0 Å². The van der Waals surface area contributed by atoms with Crippen molar-refractivity contribution in [2.24, 2.45) is 5.73 Å². The molecule has 0 saturated carbocycles. The van der Waals surface area contributed by atoms with Crippen LogP contribution in [0, 0.1) is 6.92 Å². The first kappa shape index (κ1) is 16.3. The van der Waals surface area contributed by atoms with Gasteiger partial charge in [-0.15, -0.1) is 24.2 Å². The van der Waals surface area contributed by atoms with E-state index in [4.69, 9.17) is 5.73 Å². The molecule has 0 radical (unpaired) electrons. The summed E-state index contributed by atoms with van der Waals surface area (Å²) in [6.07, 6.45) is 1.86. The van der Waals surface area contributed by atoms with E-state index in [2.05, 4.69) is 31.2 Å². The molecule has 1 fully saturated rings. The Balaban J connectivity index is 0.00000180. The zero-order chi connectivity index (χ0) is 13.0. The minimum absolute atomic E-state index is 0. The van der Waals surface area contributed by atoms with Gasteiger partial charge in [0.1, 0.15) is 0 Å². The molecule has 0 unspecified atom stereocenters. The number of thioether (sulfide) groups is 1. The zero-order valence-electron chi connectivity index (χ0n) is 11.2. The first-order valence-corrected chi connectivity index (χ1v) is 7.36. The number of carbonyl (C=O) groups excluding carboxylic acids is 1. The minimum Gasteiger partial charge on any atom is -0.342 e. The van der Waals surface area contributed by atoms with Gasteiger partial charge in [0.2, 0.25) is 5.91 Å². The topological polar surface area (TPSA) is 46.3 Å². The summed E-state index contributed by atoms with van der Waals surface area (Å²) in [5, 5.41) is 0. The molecule has 1 aliphatic rings. The fourth-order valence-electron chi connectivity index (χ4n) is 2.02. The second-order valence-corrected chi connectivity index (χ2v) is 5.87. The lowest BCUT2D eigenvalue weighted by Gasteiger charge is -2.30. The second-order valence-electron chi connectivity index (χ2n) is 4.82. The van der Waals surface area contributed by atoms with E-state index in [1.807, 2.05) is 4.90 Å². The number of benzene rings is 1. The Labute approximate surface area is 125 Å². The van der Waals surface area contributed by atoms with Crippen LogP contribution in [0.15, 0.2) is 29.2 Å². The van der Waals surface area contributed by atoms with Crippen LogP contribution in [0.2, 0.25) is 0 Å². The van der Waals surface area contributed by atoms with Crippen molar-refractivity contribution >= 4 is 30.1 Å². The van der Waals surface area contributed by atoms with Crippen LogP contribution in [0.1, 0.15) is 18.4 Å². The number of rotatable bonds is 3. The molecule has 1 aromatic carbocycles. The van der Waals surface area contributed by atoms with E-state index in [1.54, 1.807) is 11.8 Å². The molecule has 106 valence electrons. The molecule has 0 aliphatic carbocycles. The van der Waals surface area contributed by atoms with Crippen molar-refractivity contribution < 1.29 is 4.79 Å². The Bertz CT molecular complexity index is 402. The number of amides is 1. The first-order chi connectivity index (χ1) is 8.65. The molecule has 2 N–H and O–H groups in total. The number of hydrogen-bond donors (Lipinski definition) is 1. The van der Waals surface area contributed by atoms with Crippen molar-refractivity contribution in [2.75, 3.05) is 18.8 Å². The maximum atomic E-state index is 12.0. The lowest BCUT2D eigenvalue weighted by Crippen LogP contribution is -2.43. The smallest absolute Gasteiger partial charge is 0.232 e. The molecule has 1 heterocycles. The SMILES string of the molecule is Cc1ccc(SCC(=O)N2CCC(N)CC2)cc1.Cl. The molecular formula is C14H21ClN2OS. The minimum atomic E-state index is 0. The molecule has 1 amide bonds. The molecule has 1 saturated heterocycles. The third-order valence-corrected chi connectivity index (χ3v) is 4.27. The number of hydrogen-bond acceptors (Lipinski definition) is 3. The molecular weight excluding hydrogens is 280 g/mol. The van der Waals surface area contributed by atoms with Crippen molar-refractivity contribution in [1.29, 1.82) is 0 Å². The predicted octanol–water partition coefficient (Wildman–Crippen LogP) is 2.46. The van der Waals surface area contributed by atoms with Crippen LogP contribution in [0.4, 0.5) is 0 Å². The summed E-state index contributed by atoms with van der Waals surface area (Å²) >= 11 is 1.61. The third-order valence-electron chi connectivity index (χ3n) is 3.28. The Kier molecular flexibility index (Phi) is 6.69. The summed E-state index contributed by atoms with van der Waals surface area (Å²) in [6, 6.07) is 8.57. The molecule has 1 aromatic rings. The number of nitrogens with zero attached hydrogens (tertiary/aromatic N) is 1. The van der Waals surface area contributed by atoms with Gasteiger partial charge in [0.05, 0.1) is 5.75 Å². The maximum Gasteiger partial charge on any atom is 0.232 e. The Morgan fingerprint density at radius 1 is 1.32 bits per heavy atom. The van der Waals surface area contributed by atoms with Crippen LogP contribution in [-0.4, -0.2) is 35.7 Å². The zero-order valence-corrected chi connectivity index (χ0v) is 12.8. The quantitative estimate of drug-likeness (QED) is 0.872. The van der Waals surface area contributed by atoms with Gasteiger partial charge in [-0.1, -0.05) is 17.7 Å². The summed E-state index contributed by atoms with van der Waals surface area (Å²) in [6.45, 7) is 3.69. The van der Waals surface area contributed by atoms with Crippen LogP contribution in [-0.2, 0) is 4.79 Å². The van der Waals surface area contributed by atoms with E-state index in [0.29, 0.717) is 5.75 Å². The molecule has 19 heavy (non-hydrogen) atoms. The highest BCUT2D eigenvalue weighted by molar-refractivity contribution is 8.00. The standard InChI is InChI=1S/C14H20N2OS.ClH/c1-11-2-4-13(5-3-11)18-10-14(17)16-8-6-12(15)7-9-16;/h2-5,12H,6-10,15H2,1H3;1H. The van der Waals surface area contributed by atoms with Crippen molar-refractivity contribution in [3.05, 3.63) is 29.8 Å². The van der Waals surface area contributed by atoms with E-state index < -0.39 is 0 Å². The Hall–Kier alpha value is -0.710. The number of nitrogens with two attached hydrogens (primary N) is 1. The summed E-state index contributed by atoms with van der Waals surface area (Å²) in [7, 11) is 0. The number of carbonyl (C=O) groups is 1. The van der Waals surface area contributed by atoms with E-state index in [-0.39, 0.29) is 24.4 Å². The highest BCUT2D eigenvalue weighted by Crippen LogP contribution is 2.19. The summed E-state index contributed by atoms with van der Waals surface area (Å²) in [4.78, 5) is 15.1. The fourth-order valence-corrected chi connectivity index (χ4v) is 2.82. The lowest BCUT2D eigenvalue weighted by molar-refractivity contribution is -0.129. The molecule has 3 nitrogen and oxygen atoms in total. The van der Waals surface area contributed by atoms with E-state index in [9.17, 15) is 4.79 Å². The van der Waals surface area contributed by atoms with E-state index >= 15 is 0 Å². The van der Waals surface area contributed by atoms with Crippen LogP contribution in [0.25, 0.3) is 0 Å². The van der Waals surface area contributed by atoms with Crippen molar-refractivity contribution in [3.63, 3.8) is 0 Å². The van der Waals surface area contributed by atoms with Crippen LogP contribution in [0.3, 0.4) is 0 Å². The maximum absolute atomic E-state index is 12.0.